The maximum atomic E-state index is 12.4. The average molecular weight is 534 g/mol. The molecule has 0 unspecified atom stereocenters. The van der Waals surface area contributed by atoms with E-state index in [0.29, 0.717) is 19.0 Å². The van der Waals surface area contributed by atoms with Crippen LogP contribution in [0.5, 0.6) is 5.75 Å². The van der Waals surface area contributed by atoms with E-state index in [1.54, 1.807) is 7.11 Å². The number of carbonyl (C=O) groups is 1. The van der Waals surface area contributed by atoms with Crippen molar-refractivity contribution in [3.63, 3.8) is 0 Å². The number of fused-ring (bicyclic) bond motifs is 1. The fourth-order valence-corrected chi connectivity index (χ4v) is 6.08. The molecule has 0 amide bonds. The number of methoxy groups -OCH3 is 1. The molecule has 0 bridgehead atoms. The van der Waals surface area contributed by atoms with E-state index in [0.717, 1.165) is 28.0 Å². The lowest BCUT2D eigenvalue weighted by Crippen LogP contribution is -2.54. The normalized spacial score (nSPS) is 17.1. The summed E-state index contributed by atoms with van der Waals surface area (Å²) in [6, 6.07) is 17.4. The van der Waals surface area contributed by atoms with E-state index in [1.807, 2.05) is 30.3 Å². The van der Waals surface area contributed by atoms with Crippen LogP contribution in [-0.2, 0) is 15.0 Å². The Morgan fingerprint density at radius 3 is 2.37 bits per heavy atom. The number of anilines is 1. The first-order valence-corrected chi connectivity index (χ1v) is 14.2. The second kappa shape index (κ2) is 10.7. The van der Waals surface area contributed by atoms with Crippen LogP contribution < -0.4 is 14.4 Å². The molecule has 2 fully saturated rings. The third kappa shape index (κ3) is 5.63. The third-order valence-electron chi connectivity index (χ3n) is 7.10. The standard InChI is InChI=1S/C29H31N3O5S/c1-20(29(33)34)30-38(35,36)32-17-15-31(16-18-32)26-12-4-21(5-13-26)3-6-23-9-10-25-19-24(22-7-8-22)11-14-27(25)28(23)37-2/h4-5,9-14,19-20,22,30H,7-8,15-18H2,1-2H3,(H,33,34)/t20-/m1/s1. The highest BCUT2D eigenvalue weighted by atomic mass is 32.2. The summed E-state index contributed by atoms with van der Waals surface area (Å²) in [5, 5.41) is 11.2. The number of rotatable bonds is 7. The van der Waals surface area contributed by atoms with Crippen LogP contribution in [0.15, 0.2) is 54.6 Å². The van der Waals surface area contributed by atoms with Gasteiger partial charge in [-0.25, -0.2) is 0 Å². The smallest absolute Gasteiger partial charge is 0.321 e. The number of nitrogens with one attached hydrogen (secondary N) is 1. The summed E-state index contributed by atoms with van der Waals surface area (Å²) in [7, 11) is -2.17. The maximum absolute atomic E-state index is 12.4. The van der Waals surface area contributed by atoms with E-state index in [-0.39, 0.29) is 13.1 Å². The molecule has 1 aliphatic carbocycles. The SMILES string of the molecule is COc1c(C#Cc2ccc(N3CCN(S(=O)(=O)N[C@H](C)C(=O)O)CC3)cc2)ccc2cc(C3CC3)ccc12. The average Bonchev–Trinajstić information content (AvgIpc) is 3.77. The van der Waals surface area contributed by atoms with Crippen LogP contribution in [0, 0.1) is 11.8 Å². The van der Waals surface area contributed by atoms with E-state index in [2.05, 4.69) is 45.7 Å². The molecule has 38 heavy (non-hydrogen) atoms. The van der Waals surface area contributed by atoms with Crippen LogP contribution >= 0.6 is 0 Å². The number of benzene rings is 3. The molecule has 3 aromatic rings. The quantitative estimate of drug-likeness (QED) is 0.451. The molecule has 1 saturated heterocycles. The molecule has 198 valence electrons. The molecular formula is C29H31N3O5S. The van der Waals surface area contributed by atoms with Gasteiger partial charge in [0.05, 0.1) is 12.7 Å². The first-order chi connectivity index (χ1) is 18.2. The van der Waals surface area contributed by atoms with Crippen LogP contribution in [0.3, 0.4) is 0 Å². The summed E-state index contributed by atoms with van der Waals surface area (Å²) in [6.45, 7) is 2.86. The maximum Gasteiger partial charge on any atom is 0.321 e. The van der Waals surface area contributed by atoms with Gasteiger partial charge in [-0.2, -0.15) is 17.4 Å². The van der Waals surface area contributed by atoms with Gasteiger partial charge in [0.15, 0.2) is 0 Å². The van der Waals surface area contributed by atoms with E-state index >= 15 is 0 Å². The van der Waals surface area contributed by atoms with E-state index in [1.165, 1.54) is 35.0 Å². The van der Waals surface area contributed by atoms with Crippen LogP contribution in [-0.4, -0.2) is 63.1 Å². The second-order valence-corrected chi connectivity index (χ2v) is 11.5. The molecule has 0 aromatic heterocycles. The Bertz CT molecular complexity index is 1510. The van der Waals surface area contributed by atoms with Gasteiger partial charge in [-0.15, -0.1) is 0 Å². The topological polar surface area (TPSA) is 99.2 Å². The highest BCUT2D eigenvalue weighted by molar-refractivity contribution is 7.87. The van der Waals surface area contributed by atoms with Crippen molar-refractivity contribution in [1.82, 2.24) is 9.03 Å². The van der Waals surface area contributed by atoms with Crippen LogP contribution in [0.2, 0.25) is 0 Å². The number of piperazine rings is 1. The van der Waals surface area contributed by atoms with Crippen molar-refractivity contribution in [2.75, 3.05) is 38.2 Å². The van der Waals surface area contributed by atoms with Gasteiger partial charge in [-0.05, 0) is 67.0 Å². The molecule has 9 heteroatoms. The van der Waals surface area contributed by atoms with Crippen molar-refractivity contribution in [1.29, 1.82) is 0 Å². The molecule has 5 rings (SSSR count). The van der Waals surface area contributed by atoms with Gasteiger partial charge in [-0.3, -0.25) is 4.79 Å². The monoisotopic (exact) mass is 533 g/mol. The molecule has 0 spiro atoms. The summed E-state index contributed by atoms with van der Waals surface area (Å²) in [4.78, 5) is 13.1. The minimum Gasteiger partial charge on any atom is -0.495 e. The molecule has 1 atom stereocenters. The van der Waals surface area contributed by atoms with E-state index in [4.69, 9.17) is 9.84 Å². The zero-order chi connectivity index (χ0) is 26.9. The number of hydrogen-bond donors (Lipinski definition) is 2. The molecule has 1 saturated carbocycles. The van der Waals surface area contributed by atoms with E-state index < -0.39 is 22.2 Å². The predicted octanol–water partition coefficient (Wildman–Crippen LogP) is 3.56. The zero-order valence-electron chi connectivity index (χ0n) is 21.5. The van der Waals surface area contributed by atoms with Gasteiger partial charge in [0, 0.05) is 42.8 Å². The van der Waals surface area contributed by atoms with Crippen LogP contribution in [0.4, 0.5) is 5.69 Å². The Morgan fingerprint density at radius 2 is 1.74 bits per heavy atom. The Kier molecular flexibility index (Phi) is 7.30. The predicted molar refractivity (Wildman–Crippen MR) is 148 cm³/mol. The fraction of sp³-hybridized carbons (Fsp3) is 0.345. The van der Waals surface area contributed by atoms with Crippen molar-refractivity contribution >= 4 is 32.6 Å². The third-order valence-corrected chi connectivity index (χ3v) is 8.79. The van der Waals surface area contributed by atoms with E-state index in [9.17, 15) is 13.2 Å². The number of carboxylic acids is 1. The highest BCUT2D eigenvalue weighted by Gasteiger charge is 2.29. The van der Waals surface area contributed by atoms with Gasteiger partial charge in [0.25, 0.3) is 10.2 Å². The van der Waals surface area contributed by atoms with Crippen molar-refractivity contribution in [3.8, 4) is 17.6 Å². The summed E-state index contributed by atoms with van der Waals surface area (Å²) in [6.07, 6.45) is 2.54. The Hall–Kier alpha value is -3.58. The molecule has 2 aliphatic rings. The van der Waals surface area contributed by atoms with Gasteiger partial charge in [0.2, 0.25) is 0 Å². The highest BCUT2D eigenvalue weighted by Crippen LogP contribution is 2.42. The lowest BCUT2D eigenvalue weighted by molar-refractivity contribution is -0.138. The Morgan fingerprint density at radius 1 is 1.03 bits per heavy atom. The van der Waals surface area contributed by atoms with Gasteiger partial charge >= 0.3 is 5.97 Å². The fourth-order valence-electron chi connectivity index (χ4n) is 4.74. The lowest BCUT2D eigenvalue weighted by Gasteiger charge is -2.35. The van der Waals surface area contributed by atoms with Crippen LogP contribution in [0.1, 0.15) is 42.4 Å². The number of ether oxygens (including phenoxy) is 1. The molecular weight excluding hydrogens is 502 g/mol. The lowest BCUT2D eigenvalue weighted by atomic mass is 10.0. The number of nitrogens with zero attached hydrogens (tertiary/aromatic N) is 2. The summed E-state index contributed by atoms with van der Waals surface area (Å²) in [5.74, 6) is 6.77. The molecule has 2 N–H and O–H groups in total. The molecule has 8 nitrogen and oxygen atoms in total. The van der Waals surface area contributed by atoms with Crippen molar-refractivity contribution in [2.45, 2.75) is 31.7 Å². The van der Waals surface area contributed by atoms with Gasteiger partial charge < -0.3 is 14.7 Å². The van der Waals surface area contributed by atoms with Gasteiger partial charge in [-0.1, -0.05) is 36.1 Å². The Labute approximate surface area is 223 Å². The Balaban J connectivity index is 1.25. The molecule has 1 heterocycles. The summed E-state index contributed by atoms with van der Waals surface area (Å²) in [5.41, 5.74) is 4.08. The number of carboxylic acid groups (broad SMARTS) is 1. The molecule has 3 aromatic carbocycles. The first-order valence-electron chi connectivity index (χ1n) is 12.7. The largest absolute Gasteiger partial charge is 0.495 e. The minimum absolute atomic E-state index is 0.271. The minimum atomic E-state index is -3.85. The summed E-state index contributed by atoms with van der Waals surface area (Å²) >= 11 is 0. The van der Waals surface area contributed by atoms with Crippen molar-refractivity contribution in [3.05, 3.63) is 71.3 Å². The first kappa shape index (κ1) is 26.0. The molecule has 0 radical (unpaired) electrons. The van der Waals surface area contributed by atoms with Crippen molar-refractivity contribution in [2.24, 2.45) is 0 Å². The zero-order valence-corrected chi connectivity index (χ0v) is 22.3. The summed E-state index contributed by atoms with van der Waals surface area (Å²) < 4.78 is 34.1. The van der Waals surface area contributed by atoms with Gasteiger partial charge in [0.1, 0.15) is 11.8 Å². The second-order valence-electron chi connectivity index (χ2n) is 9.77. The molecule has 1 aliphatic heterocycles. The number of aliphatic carboxylic acids is 1. The van der Waals surface area contributed by atoms with Crippen LogP contribution in [0.25, 0.3) is 10.8 Å². The van der Waals surface area contributed by atoms with Crippen molar-refractivity contribution < 1.29 is 23.1 Å². The number of hydrogen-bond acceptors (Lipinski definition) is 5.